The molecule has 1 unspecified atom stereocenters. The Hall–Kier alpha value is -0.830. The third kappa shape index (κ3) is 3.56. The molecule has 0 saturated heterocycles. The molecule has 98 valence electrons. The number of aromatic nitrogens is 2. The predicted molar refractivity (Wildman–Crippen MR) is 73.1 cm³/mol. The lowest BCUT2D eigenvalue weighted by molar-refractivity contribution is 0.390. The molecule has 0 radical (unpaired) electrons. The Kier molecular flexibility index (Phi) is 5.19. The van der Waals surface area contributed by atoms with Crippen molar-refractivity contribution in [2.24, 2.45) is 11.7 Å². The predicted octanol–water partition coefficient (Wildman–Crippen LogP) is 2.83. The highest BCUT2D eigenvalue weighted by molar-refractivity contribution is 5.25. The zero-order valence-corrected chi connectivity index (χ0v) is 12.0. The lowest BCUT2D eigenvalue weighted by Gasteiger charge is -2.14. The van der Waals surface area contributed by atoms with Gasteiger partial charge in [0.05, 0.1) is 5.69 Å². The van der Waals surface area contributed by atoms with Crippen LogP contribution < -0.4 is 5.73 Å². The molecule has 3 nitrogen and oxygen atoms in total. The summed E-state index contributed by atoms with van der Waals surface area (Å²) >= 11 is 0. The summed E-state index contributed by atoms with van der Waals surface area (Å²) in [6.07, 6.45) is 3.37. The summed E-state index contributed by atoms with van der Waals surface area (Å²) in [5.41, 5.74) is 9.67. The van der Waals surface area contributed by atoms with E-state index in [1.54, 1.807) is 0 Å². The van der Waals surface area contributed by atoms with Crippen LogP contribution in [0.2, 0.25) is 0 Å². The molecule has 0 aromatic carbocycles. The third-order valence-electron chi connectivity index (χ3n) is 3.64. The summed E-state index contributed by atoms with van der Waals surface area (Å²) in [5.74, 6) is 0.733. The van der Waals surface area contributed by atoms with Crippen LogP contribution in [0.25, 0.3) is 0 Å². The summed E-state index contributed by atoms with van der Waals surface area (Å²) in [6.45, 7) is 11.9. The Bertz CT molecular complexity index is 349. The maximum Gasteiger partial charge on any atom is 0.0629 e. The molecular weight excluding hydrogens is 210 g/mol. The number of aryl methyl sites for hydroxylation is 1. The van der Waals surface area contributed by atoms with E-state index in [9.17, 15) is 0 Å². The first-order valence-electron chi connectivity index (χ1n) is 6.77. The van der Waals surface area contributed by atoms with E-state index in [4.69, 9.17) is 5.73 Å². The van der Waals surface area contributed by atoms with Gasteiger partial charge in [0.15, 0.2) is 0 Å². The van der Waals surface area contributed by atoms with Crippen LogP contribution in [0.1, 0.15) is 50.6 Å². The smallest absolute Gasteiger partial charge is 0.0629 e. The SMILES string of the molecule is CCC(CC)Cn1nc(C)c(CC(C)N)c1C. The zero-order valence-electron chi connectivity index (χ0n) is 12.0. The number of rotatable bonds is 6. The average molecular weight is 237 g/mol. The van der Waals surface area contributed by atoms with Crippen molar-refractivity contribution in [3.8, 4) is 0 Å². The summed E-state index contributed by atoms with van der Waals surface area (Å²) < 4.78 is 2.17. The first-order chi connectivity index (χ1) is 7.99. The molecule has 17 heavy (non-hydrogen) atoms. The Morgan fingerprint density at radius 1 is 1.24 bits per heavy atom. The van der Waals surface area contributed by atoms with Crippen molar-refractivity contribution in [3.63, 3.8) is 0 Å². The molecule has 1 aromatic heterocycles. The van der Waals surface area contributed by atoms with Crippen LogP contribution in [-0.2, 0) is 13.0 Å². The van der Waals surface area contributed by atoms with Gasteiger partial charge in [0, 0.05) is 18.3 Å². The first-order valence-corrected chi connectivity index (χ1v) is 6.77. The summed E-state index contributed by atoms with van der Waals surface area (Å²) in [4.78, 5) is 0. The second-order valence-electron chi connectivity index (χ2n) is 5.20. The molecule has 2 N–H and O–H groups in total. The normalized spacial score (nSPS) is 13.4. The molecular formula is C14H27N3. The molecule has 0 fully saturated rings. The standard InChI is InChI=1S/C14H27N3/c1-6-13(7-2)9-17-12(5)14(8-10(3)15)11(4)16-17/h10,13H,6-9,15H2,1-5H3. The van der Waals surface area contributed by atoms with Gasteiger partial charge in [0.2, 0.25) is 0 Å². The third-order valence-corrected chi connectivity index (χ3v) is 3.64. The molecule has 0 aliphatic carbocycles. The van der Waals surface area contributed by atoms with Crippen LogP contribution in [-0.4, -0.2) is 15.8 Å². The van der Waals surface area contributed by atoms with E-state index < -0.39 is 0 Å². The molecule has 0 saturated carbocycles. The number of hydrogen-bond acceptors (Lipinski definition) is 2. The van der Waals surface area contributed by atoms with Crippen LogP contribution in [0, 0.1) is 19.8 Å². The van der Waals surface area contributed by atoms with Crippen molar-refractivity contribution in [1.82, 2.24) is 9.78 Å². The molecule has 0 spiro atoms. The minimum absolute atomic E-state index is 0.207. The van der Waals surface area contributed by atoms with E-state index in [-0.39, 0.29) is 6.04 Å². The zero-order chi connectivity index (χ0) is 13.0. The van der Waals surface area contributed by atoms with Gasteiger partial charge in [0.25, 0.3) is 0 Å². The molecule has 1 aromatic rings. The highest BCUT2D eigenvalue weighted by atomic mass is 15.3. The fourth-order valence-corrected chi connectivity index (χ4v) is 2.32. The van der Waals surface area contributed by atoms with Crippen molar-refractivity contribution in [2.45, 2.75) is 66.5 Å². The fraction of sp³-hybridized carbons (Fsp3) is 0.786. The quantitative estimate of drug-likeness (QED) is 0.827. The van der Waals surface area contributed by atoms with Gasteiger partial charge in [-0.05, 0) is 38.7 Å². The van der Waals surface area contributed by atoms with Crippen molar-refractivity contribution >= 4 is 0 Å². The van der Waals surface area contributed by atoms with Crippen molar-refractivity contribution in [1.29, 1.82) is 0 Å². The number of hydrogen-bond donors (Lipinski definition) is 1. The van der Waals surface area contributed by atoms with Gasteiger partial charge in [-0.1, -0.05) is 26.7 Å². The van der Waals surface area contributed by atoms with Gasteiger partial charge < -0.3 is 5.73 Å². The Morgan fingerprint density at radius 3 is 2.29 bits per heavy atom. The fourth-order valence-electron chi connectivity index (χ4n) is 2.32. The topological polar surface area (TPSA) is 43.8 Å². The van der Waals surface area contributed by atoms with E-state index in [2.05, 4.69) is 44.4 Å². The van der Waals surface area contributed by atoms with Crippen LogP contribution in [0.15, 0.2) is 0 Å². The molecule has 0 amide bonds. The van der Waals surface area contributed by atoms with E-state index in [0.29, 0.717) is 0 Å². The lowest BCUT2D eigenvalue weighted by Crippen LogP contribution is -2.19. The maximum atomic E-state index is 5.89. The van der Waals surface area contributed by atoms with Gasteiger partial charge in [-0.2, -0.15) is 5.10 Å². The van der Waals surface area contributed by atoms with E-state index >= 15 is 0 Å². The van der Waals surface area contributed by atoms with Crippen molar-refractivity contribution in [3.05, 3.63) is 17.0 Å². The molecule has 0 aliphatic heterocycles. The number of nitrogens with two attached hydrogens (primary N) is 1. The average Bonchev–Trinajstić information content (AvgIpc) is 2.53. The van der Waals surface area contributed by atoms with Gasteiger partial charge in [-0.15, -0.1) is 0 Å². The van der Waals surface area contributed by atoms with E-state index in [1.807, 2.05) is 0 Å². The largest absolute Gasteiger partial charge is 0.328 e. The molecule has 0 aliphatic rings. The maximum absolute atomic E-state index is 5.89. The van der Waals surface area contributed by atoms with E-state index in [1.165, 1.54) is 24.1 Å². The van der Waals surface area contributed by atoms with E-state index in [0.717, 1.165) is 24.6 Å². The summed E-state index contributed by atoms with van der Waals surface area (Å²) in [5, 5.41) is 4.66. The van der Waals surface area contributed by atoms with Crippen LogP contribution in [0.3, 0.4) is 0 Å². The van der Waals surface area contributed by atoms with Gasteiger partial charge in [-0.3, -0.25) is 4.68 Å². The first kappa shape index (κ1) is 14.2. The number of nitrogens with zero attached hydrogens (tertiary/aromatic N) is 2. The second kappa shape index (κ2) is 6.20. The van der Waals surface area contributed by atoms with Crippen molar-refractivity contribution in [2.75, 3.05) is 0 Å². The Morgan fingerprint density at radius 2 is 1.82 bits per heavy atom. The summed E-state index contributed by atoms with van der Waals surface area (Å²) in [6, 6.07) is 0.207. The van der Waals surface area contributed by atoms with Gasteiger partial charge in [-0.25, -0.2) is 0 Å². The summed E-state index contributed by atoms with van der Waals surface area (Å²) in [7, 11) is 0. The lowest BCUT2D eigenvalue weighted by atomic mass is 10.0. The molecule has 1 atom stereocenters. The van der Waals surface area contributed by atoms with Gasteiger partial charge in [0.1, 0.15) is 0 Å². The monoisotopic (exact) mass is 237 g/mol. The minimum atomic E-state index is 0.207. The van der Waals surface area contributed by atoms with Crippen LogP contribution >= 0.6 is 0 Å². The highest BCUT2D eigenvalue weighted by Gasteiger charge is 2.14. The Labute approximate surface area is 105 Å². The molecule has 1 rings (SSSR count). The Balaban J connectivity index is 2.87. The van der Waals surface area contributed by atoms with Crippen LogP contribution in [0.5, 0.6) is 0 Å². The van der Waals surface area contributed by atoms with Gasteiger partial charge >= 0.3 is 0 Å². The van der Waals surface area contributed by atoms with Crippen LogP contribution in [0.4, 0.5) is 0 Å². The highest BCUT2D eigenvalue weighted by Crippen LogP contribution is 2.18. The molecule has 1 heterocycles. The van der Waals surface area contributed by atoms with Crippen molar-refractivity contribution < 1.29 is 0 Å². The molecule has 3 heteroatoms. The second-order valence-corrected chi connectivity index (χ2v) is 5.20. The minimum Gasteiger partial charge on any atom is -0.328 e. The molecule has 0 bridgehead atoms.